The van der Waals surface area contributed by atoms with Crippen molar-refractivity contribution in [3.05, 3.63) is 23.3 Å². The number of carbonyl (C=O) groups is 1. The Bertz CT molecular complexity index is 659. The van der Waals surface area contributed by atoms with Crippen LogP contribution in [0.3, 0.4) is 0 Å². The second-order valence-corrected chi connectivity index (χ2v) is 5.87. The maximum absolute atomic E-state index is 12.0. The molecule has 140 valence electrons. The van der Waals surface area contributed by atoms with Gasteiger partial charge in [-0.15, -0.1) is 0 Å². The summed E-state index contributed by atoms with van der Waals surface area (Å²) in [6.45, 7) is 2.75. The van der Waals surface area contributed by atoms with Gasteiger partial charge < -0.3 is 14.2 Å². The van der Waals surface area contributed by atoms with Crippen molar-refractivity contribution in [3.63, 3.8) is 0 Å². The standard InChI is InChI=1S/C20H26N2O4/c1-16(23)18-13-17(15-24-2)19(25-11-7-3-5-9-21)14-20(18)26-12-8-4-6-10-22/h13-14H,3-8,11-12,15H2,1-2H3. The molecule has 0 aliphatic heterocycles. The van der Waals surface area contributed by atoms with Gasteiger partial charge in [-0.3, -0.25) is 4.79 Å². The Labute approximate surface area is 155 Å². The van der Waals surface area contributed by atoms with Crippen LogP contribution >= 0.6 is 0 Å². The van der Waals surface area contributed by atoms with Crippen LogP contribution in [0, 0.1) is 22.7 Å². The molecule has 0 bridgehead atoms. The van der Waals surface area contributed by atoms with Crippen LogP contribution in [0.2, 0.25) is 0 Å². The Morgan fingerprint density at radius 1 is 0.962 bits per heavy atom. The first-order valence-corrected chi connectivity index (χ1v) is 8.80. The van der Waals surface area contributed by atoms with Crippen molar-refractivity contribution in [2.24, 2.45) is 0 Å². The molecular formula is C20H26N2O4. The molecular weight excluding hydrogens is 332 g/mol. The molecule has 0 aromatic heterocycles. The first-order valence-electron chi connectivity index (χ1n) is 8.80. The average molecular weight is 358 g/mol. The number of ether oxygens (including phenoxy) is 3. The van der Waals surface area contributed by atoms with Gasteiger partial charge in [-0.25, -0.2) is 0 Å². The number of hydrogen-bond acceptors (Lipinski definition) is 6. The summed E-state index contributed by atoms with van der Waals surface area (Å²) < 4.78 is 16.8. The van der Waals surface area contributed by atoms with E-state index < -0.39 is 0 Å². The van der Waals surface area contributed by atoms with Crippen LogP contribution in [0.5, 0.6) is 11.5 Å². The van der Waals surface area contributed by atoms with Gasteiger partial charge >= 0.3 is 0 Å². The summed E-state index contributed by atoms with van der Waals surface area (Å²) in [6, 6.07) is 7.70. The van der Waals surface area contributed by atoms with Crippen molar-refractivity contribution < 1.29 is 19.0 Å². The number of unbranched alkanes of at least 4 members (excludes halogenated alkanes) is 4. The summed E-state index contributed by atoms with van der Waals surface area (Å²) in [5.74, 6) is 1.03. The fraction of sp³-hybridized carbons (Fsp3) is 0.550. The summed E-state index contributed by atoms with van der Waals surface area (Å²) in [7, 11) is 1.59. The minimum Gasteiger partial charge on any atom is -0.493 e. The molecule has 0 atom stereocenters. The van der Waals surface area contributed by atoms with Gasteiger partial charge in [0.05, 0.1) is 37.5 Å². The third-order valence-electron chi connectivity index (χ3n) is 3.72. The van der Waals surface area contributed by atoms with Gasteiger partial charge in [0.1, 0.15) is 11.5 Å². The monoisotopic (exact) mass is 358 g/mol. The Morgan fingerprint density at radius 3 is 2.04 bits per heavy atom. The number of nitriles is 2. The van der Waals surface area contributed by atoms with E-state index in [4.69, 9.17) is 24.7 Å². The molecule has 0 N–H and O–H groups in total. The van der Waals surface area contributed by atoms with E-state index in [1.807, 2.05) is 0 Å². The van der Waals surface area contributed by atoms with Crippen LogP contribution in [-0.4, -0.2) is 26.1 Å². The van der Waals surface area contributed by atoms with Crippen LogP contribution in [0.4, 0.5) is 0 Å². The van der Waals surface area contributed by atoms with Crippen molar-refractivity contribution >= 4 is 5.78 Å². The molecule has 0 radical (unpaired) electrons. The second kappa shape index (κ2) is 12.7. The smallest absolute Gasteiger partial charge is 0.163 e. The Balaban J connectivity index is 2.87. The molecule has 0 fully saturated rings. The number of methoxy groups -OCH3 is 1. The molecule has 0 saturated carbocycles. The van der Waals surface area contributed by atoms with Gasteiger partial charge in [-0.2, -0.15) is 10.5 Å². The molecule has 1 aromatic carbocycles. The largest absolute Gasteiger partial charge is 0.493 e. The topological polar surface area (TPSA) is 92.3 Å². The average Bonchev–Trinajstić information content (AvgIpc) is 2.62. The Kier molecular flexibility index (Phi) is 10.5. The lowest BCUT2D eigenvalue weighted by atomic mass is 10.1. The highest BCUT2D eigenvalue weighted by molar-refractivity contribution is 5.97. The number of ketones is 1. The molecule has 26 heavy (non-hydrogen) atoms. The molecule has 1 rings (SSSR count). The number of benzene rings is 1. The zero-order valence-electron chi connectivity index (χ0n) is 15.5. The molecule has 0 heterocycles. The molecule has 0 unspecified atom stereocenters. The van der Waals surface area contributed by atoms with Crippen LogP contribution in [0.25, 0.3) is 0 Å². The summed E-state index contributed by atoms with van der Waals surface area (Å²) >= 11 is 0. The van der Waals surface area contributed by atoms with Crippen LogP contribution in [0.1, 0.15) is 61.4 Å². The number of hydrogen-bond donors (Lipinski definition) is 0. The Morgan fingerprint density at radius 2 is 1.54 bits per heavy atom. The van der Waals surface area contributed by atoms with Crippen molar-refractivity contribution in [1.29, 1.82) is 10.5 Å². The second-order valence-electron chi connectivity index (χ2n) is 5.87. The third kappa shape index (κ3) is 7.55. The number of carbonyl (C=O) groups excluding carboxylic acids is 1. The number of nitrogens with zero attached hydrogens (tertiary/aromatic N) is 2. The van der Waals surface area contributed by atoms with Crippen LogP contribution < -0.4 is 9.47 Å². The van der Waals surface area contributed by atoms with Gasteiger partial charge in [0.2, 0.25) is 0 Å². The van der Waals surface area contributed by atoms with E-state index in [0.29, 0.717) is 49.7 Å². The normalized spacial score (nSPS) is 10.0. The van der Waals surface area contributed by atoms with Crippen LogP contribution in [0.15, 0.2) is 12.1 Å². The molecule has 0 amide bonds. The van der Waals surface area contributed by atoms with Crippen molar-refractivity contribution in [1.82, 2.24) is 0 Å². The maximum Gasteiger partial charge on any atom is 0.163 e. The molecule has 6 heteroatoms. The Hall–Kier alpha value is -2.57. The molecule has 1 aromatic rings. The highest BCUT2D eigenvalue weighted by Gasteiger charge is 2.15. The van der Waals surface area contributed by atoms with E-state index in [2.05, 4.69) is 12.1 Å². The molecule has 0 aliphatic carbocycles. The molecule has 0 aliphatic rings. The van der Waals surface area contributed by atoms with Crippen LogP contribution in [-0.2, 0) is 11.3 Å². The minimum absolute atomic E-state index is 0.0880. The van der Waals surface area contributed by atoms with Gasteiger partial charge in [-0.1, -0.05) is 0 Å². The highest BCUT2D eigenvalue weighted by atomic mass is 16.5. The summed E-state index contributed by atoms with van der Waals surface area (Å²) in [5.41, 5.74) is 1.28. The number of Topliss-reactive ketones (excluding diaryl/α,β-unsaturated/α-hetero) is 1. The van der Waals surface area contributed by atoms with E-state index >= 15 is 0 Å². The van der Waals surface area contributed by atoms with E-state index in [1.54, 1.807) is 19.2 Å². The first kappa shape index (κ1) is 21.5. The van der Waals surface area contributed by atoms with E-state index in [1.165, 1.54) is 6.92 Å². The van der Waals surface area contributed by atoms with E-state index in [0.717, 1.165) is 31.2 Å². The van der Waals surface area contributed by atoms with Gasteiger partial charge in [0.25, 0.3) is 0 Å². The maximum atomic E-state index is 12.0. The van der Waals surface area contributed by atoms with Crippen molar-refractivity contribution in [3.8, 4) is 23.6 Å². The summed E-state index contributed by atoms with van der Waals surface area (Å²) in [5, 5.41) is 17.2. The summed E-state index contributed by atoms with van der Waals surface area (Å²) in [6.07, 6.45) is 4.06. The van der Waals surface area contributed by atoms with E-state index in [9.17, 15) is 4.79 Å². The fourth-order valence-corrected chi connectivity index (χ4v) is 2.38. The van der Waals surface area contributed by atoms with Gasteiger partial charge in [0, 0.05) is 31.6 Å². The van der Waals surface area contributed by atoms with Crippen molar-refractivity contribution in [2.45, 2.75) is 52.1 Å². The predicted molar refractivity (Wildman–Crippen MR) is 97.1 cm³/mol. The van der Waals surface area contributed by atoms with Gasteiger partial charge in [-0.05, 0) is 38.7 Å². The molecule has 0 saturated heterocycles. The first-order chi connectivity index (χ1) is 12.6. The SMILES string of the molecule is COCc1cc(C(C)=O)c(OCCCCC#N)cc1OCCCCC#N. The fourth-order valence-electron chi connectivity index (χ4n) is 2.38. The summed E-state index contributed by atoms with van der Waals surface area (Å²) in [4.78, 5) is 12.0. The van der Waals surface area contributed by atoms with E-state index in [-0.39, 0.29) is 5.78 Å². The predicted octanol–water partition coefficient (Wildman–Crippen LogP) is 4.18. The zero-order valence-corrected chi connectivity index (χ0v) is 15.5. The lowest BCUT2D eigenvalue weighted by molar-refractivity contribution is 0.101. The zero-order chi connectivity index (χ0) is 19.2. The minimum atomic E-state index is -0.0880. The van der Waals surface area contributed by atoms with Crippen molar-refractivity contribution in [2.75, 3.05) is 20.3 Å². The molecule has 0 spiro atoms. The third-order valence-corrected chi connectivity index (χ3v) is 3.72. The lowest BCUT2D eigenvalue weighted by Gasteiger charge is -2.16. The van der Waals surface area contributed by atoms with Gasteiger partial charge in [0.15, 0.2) is 5.78 Å². The number of rotatable bonds is 13. The highest BCUT2D eigenvalue weighted by Crippen LogP contribution is 2.31. The molecule has 6 nitrogen and oxygen atoms in total. The quantitative estimate of drug-likeness (QED) is 0.388. The lowest BCUT2D eigenvalue weighted by Crippen LogP contribution is -2.07.